The molecule has 0 saturated heterocycles. The topological polar surface area (TPSA) is 80.0 Å². The summed E-state index contributed by atoms with van der Waals surface area (Å²) < 4.78 is 1.89. The van der Waals surface area contributed by atoms with E-state index in [0.717, 1.165) is 11.0 Å². The quantitative estimate of drug-likeness (QED) is 0.832. The standard InChI is InChI=1S/C11H14N4O2/c1-7(5-9(16)17)14-11-10-8(3-4-12-11)15(2)6-13-10/h3-4,6-7H,5H2,1-2H3,(H,12,14)(H,16,17). The molecule has 0 amide bonds. The fourth-order valence-corrected chi connectivity index (χ4v) is 1.71. The van der Waals surface area contributed by atoms with Gasteiger partial charge in [0.1, 0.15) is 5.52 Å². The van der Waals surface area contributed by atoms with Gasteiger partial charge in [0.05, 0.1) is 18.3 Å². The molecule has 17 heavy (non-hydrogen) atoms. The average molecular weight is 234 g/mol. The number of fused-ring (bicyclic) bond motifs is 1. The molecule has 2 rings (SSSR count). The normalized spacial score (nSPS) is 12.6. The zero-order valence-electron chi connectivity index (χ0n) is 9.71. The molecule has 0 aliphatic rings. The van der Waals surface area contributed by atoms with Crippen LogP contribution in [0.15, 0.2) is 18.6 Å². The first-order chi connectivity index (χ1) is 8.08. The molecule has 6 heteroatoms. The molecule has 0 bridgehead atoms. The van der Waals surface area contributed by atoms with E-state index in [1.165, 1.54) is 0 Å². The maximum atomic E-state index is 10.6. The summed E-state index contributed by atoms with van der Waals surface area (Å²) >= 11 is 0. The number of pyridine rings is 1. The van der Waals surface area contributed by atoms with Gasteiger partial charge in [0.2, 0.25) is 0 Å². The Hall–Kier alpha value is -2.11. The van der Waals surface area contributed by atoms with Crippen molar-refractivity contribution in [3.8, 4) is 0 Å². The molecule has 0 aliphatic carbocycles. The van der Waals surface area contributed by atoms with E-state index in [9.17, 15) is 4.79 Å². The van der Waals surface area contributed by atoms with Crippen molar-refractivity contribution in [1.29, 1.82) is 0 Å². The highest BCUT2D eigenvalue weighted by Gasteiger charge is 2.11. The predicted molar refractivity (Wildman–Crippen MR) is 63.8 cm³/mol. The lowest BCUT2D eigenvalue weighted by atomic mass is 10.2. The highest BCUT2D eigenvalue weighted by Crippen LogP contribution is 2.19. The molecular weight excluding hydrogens is 220 g/mol. The van der Waals surface area contributed by atoms with Crippen LogP contribution in [0.5, 0.6) is 0 Å². The SMILES string of the molecule is CC(CC(=O)O)Nc1nccc2c1ncn2C. The Kier molecular flexibility index (Phi) is 2.95. The number of rotatable bonds is 4. The molecule has 0 aliphatic heterocycles. The molecule has 0 aromatic carbocycles. The van der Waals surface area contributed by atoms with Gasteiger partial charge in [-0.3, -0.25) is 4.79 Å². The third-order valence-electron chi connectivity index (χ3n) is 2.51. The van der Waals surface area contributed by atoms with Gasteiger partial charge in [-0.1, -0.05) is 0 Å². The van der Waals surface area contributed by atoms with Gasteiger partial charge in [0, 0.05) is 19.3 Å². The van der Waals surface area contributed by atoms with Crippen molar-refractivity contribution in [2.24, 2.45) is 7.05 Å². The highest BCUT2D eigenvalue weighted by atomic mass is 16.4. The third kappa shape index (κ3) is 2.35. The highest BCUT2D eigenvalue weighted by molar-refractivity contribution is 5.86. The molecule has 90 valence electrons. The fraction of sp³-hybridized carbons (Fsp3) is 0.364. The van der Waals surface area contributed by atoms with Crippen LogP contribution in [-0.2, 0) is 11.8 Å². The molecule has 2 N–H and O–H groups in total. The van der Waals surface area contributed by atoms with Gasteiger partial charge >= 0.3 is 5.97 Å². The number of anilines is 1. The summed E-state index contributed by atoms with van der Waals surface area (Å²) in [7, 11) is 1.90. The Labute approximate surface area is 98.3 Å². The summed E-state index contributed by atoms with van der Waals surface area (Å²) in [5.74, 6) is -0.213. The number of aryl methyl sites for hydroxylation is 1. The number of hydrogen-bond donors (Lipinski definition) is 2. The van der Waals surface area contributed by atoms with E-state index < -0.39 is 5.97 Å². The van der Waals surface area contributed by atoms with E-state index >= 15 is 0 Å². The Morgan fingerprint density at radius 1 is 1.59 bits per heavy atom. The average Bonchev–Trinajstić information content (AvgIpc) is 2.61. The number of aromatic nitrogens is 3. The summed E-state index contributed by atoms with van der Waals surface area (Å²) in [4.78, 5) is 19.0. The third-order valence-corrected chi connectivity index (χ3v) is 2.51. The summed E-state index contributed by atoms with van der Waals surface area (Å²) in [5.41, 5.74) is 1.72. The first-order valence-corrected chi connectivity index (χ1v) is 5.32. The minimum atomic E-state index is -0.835. The number of carboxylic acids is 1. The number of nitrogens with one attached hydrogen (secondary N) is 1. The molecule has 2 aromatic heterocycles. The van der Waals surface area contributed by atoms with Crippen LogP contribution in [0.3, 0.4) is 0 Å². The number of hydrogen-bond acceptors (Lipinski definition) is 4. The van der Waals surface area contributed by atoms with Crippen molar-refractivity contribution in [3.63, 3.8) is 0 Å². The molecule has 0 spiro atoms. The molecule has 0 saturated carbocycles. The summed E-state index contributed by atoms with van der Waals surface area (Å²) in [6.45, 7) is 1.80. The van der Waals surface area contributed by atoms with Crippen LogP contribution in [0.25, 0.3) is 11.0 Å². The van der Waals surface area contributed by atoms with Crippen LogP contribution in [-0.4, -0.2) is 31.7 Å². The minimum absolute atomic E-state index is 0.0465. The Morgan fingerprint density at radius 3 is 3.06 bits per heavy atom. The van der Waals surface area contributed by atoms with Crippen molar-refractivity contribution >= 4 is 22.8 Å². The van der Waals surface area contributed by atoms with Gasteiger partial charge < -0.3 is 15.0 Å². The van der Waals surface area contributed by atoms with Crippen molar-refractivity contribution in [1.82, 2.24) is 14.5 Å². The smallest absolute Gasteiger partial charge is 0.305 e. The Bertz CT molecular complexity index is 549. The lowest BCUT2D eigenvalue weighted by Gasteiger charge is -2.12. The molecule has 2 aromatic rings. The maximum absolute atomic E-state index is 10.6. The second-order valence-electron chi connectivity index (χ2n) is 4.03. The van der Waals surface area contributed by atoms with E-state index in [0.29, 0.717) is 5.82 Å². The molecule has 0 fully saturated rings. The molecule has 1 atom stereocenters. The second-order valence-corrected chi connectivity index (χ2v) is 4.03. The van der Waals surface area contributed by atoms with E-state index in [-0.39, 0.29) is 12.5 Å². The number of imidazole rings is 1. The number of carboxylic acid groups (broad SMARTS) is 1. The van der Waals surface area contributed by atoms with Crippen LogP contribution in [0.4, 0.5) is 5.82 Å². The van der Waals surface area contributed by atoms with Gasteiger partial charge in [-0.05, 0) is 13.0 Å². The second kappa shape index (κ2) is 4.40. The largest absolute Gasteiger partial charge is 0.481 e. The van der Waals surface area contributed by atoms with E-state index in [1.807, 2.05) is 17.7 Å². The fourth-order valence-electron chi connectivity index (χ4n) is 1.71. The zero-order chi connectivity index (χ0) is 12.4. The summed E-state index contributed by atoms with van der Waals surface area (Å²) in [5, 5.41) is 11.8. The first-order valence-electron chi connectivity index (χ1n) is 5.32. The molecule has 1 unspecified atom stereocenters. The molecule has 6 nitrogen and oxygen atoms in total. The minimum Gasteiger partial charge on any atom is -0.481 e. The summed E-state index contributed by atoms with van der Waals surface area (Å²) in [6, 6.07) is 1.68. The van der Waals surface area contributed by atoms with Crippen LogP contribution in [0, 0.1) is 0 Å². The molecular formula is C11H14N4O2. The number of aliphatic carboxylic acids is 1. The van der Waals surface area contributed by atoms with Crippen LogP contribution < -0.4 is 5.32 Å². The molecule has 0 radical (unpaired) electrons. The van der Waals surface area contributed by atoms with Gasteiger partial charge in [-0.15, -0.1) is 0 Å². The van der Waals surface area contributed by atoms with Gasteiger partial charge in [0.25, 0.3) is 0 Å². The Balaban J connectivity index is 2.27. The number of carbonyl (C=O) groups is 1. The van der Waals surface area contributed by atoms with Gasteiger partial charge in [-0.2, -0.15) is 0 Å². The van der Waals surface area contributed by atoms with Crippen LogP contribution in [0.2, 0.25) is 0 Å². The van der Waals surface area contributed by atoms with Gasteiger partial charge in [0.15, 0.2) is 5.82 Å². The maximum Gasteiger partial charge on any atom is 0.305 e. The van der Waals surface area contributed by atoms with Crippen molar-refractivity contribution in [2.75, 3.05) is 5.32 Å². The van der Waals surface area contributed by atoms with Crippen LogP contribution >= 0.6 is 0 Å². The first kappa shape index (κ1) is 11.4. The van der Waals surface area contributed by atoms with Crippen LogP contribution in [0.1, 0.15) is 13.3 Å². The zero-order valence-corrected chi connectivity index (χ0v) is 9.71. The van der Waals surface area contributed by atoms with Gasteiger partial charge in [-0.25, -0.2) is 9.97 Å². The van der Waals surface area contributed by atoms with E-state index in [1.54, 1.807) is 19.4 Å². The Morgan fingerprint density at radius 2 is 2.35 bits per heavy atom. The lowest BCUT2D eigenvalue weighted by molar-refractivity contribution is -0.137. The van der Waals surface area contributed by atoms with E-state index in [2.05, 4.69) is 15.3 Å². The monoisotopic (exact) mass is 234 g/mol. The number of nitrogens with zero attached hydrogens (tertiary/aromatic N) is 3. The van der Waals surface area contributed by atoms with Crippen molar-refractivity contribution < 1.29 is 9.90 Å². The predicted octanol–water partition coefficient (Wildman–Crippen LogP) is 1.24. The molecule has 2 heterocycles. The lowest BCUT2D eigenvalue weighted by Crippen LogP contribution is -2.20. The van der Waals surface area contributed by atoms with Crippen molar-refractivity contribution in [3.05, 3.63) is 18.6 Å². The summed E-state index contributed by atoms with van der Waals surface area (Å²) in [6.07, 6.45) is 3.43. The van der Waals surface area contributed by atoms with Crippen molar-refractivity contribution in [2.45, 2.75) is 19.4 Å². The van der Waals surface area contributed by atoms with E-state index in [4.69, 9.17) is 5.11 Å².